The Morgan fingerprint density at radius 2 is 1.82 bits per heavy atom. The minimum atomic E-state index is -0.869. The molecule has 172 valence electrons. The number of carbonyl (C=O) groups is 2. The first kappa shape index (κ1) is 22.5. The Labute approximate surface area is 189 Å². The number of halogens is 1. The van der Waals surface area contributed by atoms with Gasteiger partial charge in [0, 0.05) is 19.2 Å². The zero-order valence-corrected chi connectivity index (χ0v) is 18.5. The zero-order chi connectivity index (χ0) is 23.9. The fourth-order valence-corrected chi connectivity index (χ4v) is 4.10. The second-order valence-corrected chi connectivity index (χ2v) is 8.31. The van der Waals surface area contributed by atoms with Crippen molar-refractivity contribution >= 4 is 28.5 Å². The molecule has 1 fully saturated rings. The van der Waals surface area contributed by atoms with Crippen LogP contribution in [-0.2, 0) is 16.6 Å². The van der Waals surface area contributed by atoms with Gasteiger partial charge in [-0.2, -0.15) is 0 Å². The molecule has 3 aromatic rings. The van der Waals surface area contributed by atoms with E-state index in [0.29, 0.717) is 24.0 Å². The number of amides is 1. The summed E-state index contributed by atoms with van der Waals surface area (Å²) in [6.45, 7) is 0.983. The average Bonchev–Trinajstić information content (AvgIpc) is 3.20. The van der Waals surface area contributed by atoms with Crippen molar-refractivity contribution in [1.29, 1.82) is 0 Å². The minimum Gasteiger partial charge on any atom is -0.507 e. The molecule has 0 radical (unpaired) electrons. The van der Waals surface area contributed by atoms with Crippen LogP contribution in [0.25, 0.3) is 16.9 Å². The maximum absolute atomic E-state index is 13.6. The predicted octanol–water partition coefficient (Wildman–Crippen LogP) is 2.64. The van der Waals surface area contributed by atoms with E-state index in [0.717, 1.165) is 0 Å². The predicted molar refractivity (Wildman–Crippen MR) is 120 cm³/mol. The highest BCUT2D eigenvalue weighted by atomic mass is 19.1. The van der Waals surface area contributed by atoms with Crippen LogP contribution in [0, 0.1) is 5.82 Å². The Balaban J connectivity index is 1.83. The highest BCUT2D eigenvalue weighted by molar-refractivity contribution is 6.46. The van der Waals surface area contributed by atoms with Crippen molar-refractivity contribution in [2.24, 2.45) is 7.05 Å². The number of rotatable bonds is 6. The average molecular weight is 453 g/mol. The molecular weight excluding hydrogens is 429 g/mol. The van der Waals surface area contributed by atoms with Gasteiger partial charge >= 0.3 is 5.76 Å². The molecule has 1 saturated heterocycles. The number of aryl methyl sites for hydroxylation is 1. The number of aliphatic hydroxyl groups excluding tert-OH is 1. The normalized spacial score (nSPS) is 18.1. The summed E-state index contributed by atoms with van der Waals surface area (Å²) >= 11 is 0. The minimum absolute atomic E-state index is 0.0888. The van der Waals surface area contributed by atoms with Crippen LogP contribution in [0.15, 0.2) is 57.2 Å². The number of hydrogen-bond acceptors (Lipinski definition) is 6. The van der Waals surface area contributed by atoms with Gasteiger partial charge in [0.15, 0.2) is 5.58 Å². The van der Waals surface area contributed by atoms with E-state index in [4.69, 9.17) is 4.42 Å². The zero-order valence-electron chi connectivity index (χ0n) is 18.5. The van der Waals surface area contributed by atoms with Crippen LogP contribution in [-0.4, -0.2) is 58.3 Å². The lowest BCUT2D eigenvalue weighted by Crippen LogP contribution is -2.32. The molecular formula is C24H24FN3O5. The molecule has 1 aromatic heterocycles. The third-order valence-electron chi connectivity index (χ3n) is 5.80. The van der Waals surface area contributed by atoms with E-state index in [1.54, 1.807) is 19.2 Å². The Hall–Kier alpha value is -3.72. The van der Waals surface area contributed by atoms with Gasteiger partial charge < -0.3 is 19.3 Å². The molecule has 0 saturated carbocycles. The Kier molecular flexibility index (Phi) is 5.90. The number of fused-ring (bicyclic) bond motifs is 1. The smallest absolute Gasteiger partial charge is 0.419 e. The number of aliphatic hydroxyl groups is 1. The molecule has 1 atom stereocenters. The summed E-state index contributed by atoms with van der Waals surface area (Å²) < 4.78 is 20.1. The summed E-state index contributed by atoms with van der Waals surface area (Å²) in [6.07, 6.45) is 0.610. The summed E-state index contributed by atoms with van der Waals surface area (Å²) in [5.41, 5.74) is 1.42. The van der Waals surface area contributed by atoms with E-state index in [2.05, 4.69) is 0 Å². The van der Waals surface area contributed by atoms with E-state index < -0.39 is 29.3 Å². The van der Waals surface area contributed by atoms with Gasteiger partial charge in [-0.15, -0.1) is 0 Å². The van der Waals surface area contributed by atoms with Crippen molar-refractivity contribution in [3.8, 4) is 0 Å². The van der Waals surface area contributed by atoms with Crippen LogP contribution < -0.4 is 5.76 Å². The third-order valence-corrected chi connectivity index (χ3v) is 5.80. The molecule has 9 heteroatoms. The van der Waals surface area contributed by atoms with Gasteiger partial charge in [-0.1, -0.05) is 12.1 Å². The van der Waals surface area contributed by atoms with Gasteiger partial charge in [0.05, 0.1) is 17.1 Å². The van der Waals surface area contributed by atoms with Crippen molar-refractivity contribution in [3.63, 3.8) is 0 Å². The topological polar surface area (TPSA) is 96.0 Å². The number of nitrogens with zero attached hydrogens (tertiary/aromatic N) is 3. The van der Waals surface area contributed by atoms with Crippen LogP contribution in [0.4, 0.5) is 4.39 Å². The van der Waals surface area contributed by atoms with Gasteiger partial charge in [-0.25, -0.2) is 9.18 Å². The Morgan fingerprint density at radius 1 is 1.12 bits per heavy atom. The monoisotopic (exact) mass is 453 g/mol. The van der Waals surface area contributed by atoms with Gasteiger partial charge in [-0.3, -0.25) is 14.2 Å². The van der Waals surface area contributed by atoms with Gasteiger partial charge in [0.2, 0.25) is 0 Å². The molecule has 0 unspecified atom stereocenters. The largest absolute Gasteiger partial charge is 0.507 e. The van der Waals surface area contributed by atoms with E-state index in [1.807, 2.05) is 19.0 Å². The first-order valence-corrected chi connectivity index (χ1v) is 10.5. The molecule has 1 aliphatic rings. The van der Waals surface area contributed by atoms with Crippen LogP contribution in [0.3, 0.4) is 0 Å². The summed E-state index contributed by atoms with van der Waals surface area (Å²) in [7, 11) is 5.37. The van der Waals surface area contributed by atoms with E-state index in [-0.39, 0.29) is 29.0 Å². The van der Waals surface area contributed by atoms with Gasteiger partial charge in [0.25, 0.3) is 11.7 Å². The van der Waals surface area contributed by atoms with Crippen molar-refractivity contribution in [3.05, 3.63) is 75.5 Å². The highest BCUT2D eigenvalue weighted by Crippen LogP contribution is 2.39. The number of aromatic nitrogens is 1. The summed E-state index contributed by atoms with van der Waals surface area (Å²) in [4.78, 5) is 41.1. The highest BCUT2D eigenvalue weighted by Gasteiger charge is 2.45. The first-order chi connectivity index (χ1) is 15.7. The van der Waals surface area contributed by atoms with Gasteiger partial charge in [-0.05, 0) is 63.0 Å². The number of hydrogen-bond donors (Lipinski definition) is 1. The second-order valence-electron chi connectivity index (χ2n) is 8.31. The summed E-state index contributed by atoms with van der Waals surface area (Å²) in [6, 6.07) is 9.22. The number of Topliss-reactive ketones (excluding diaryl/α,β-unsaturated/α-hetero) is 1. The molecule has 1 amide bonds. The maximum Gasteiger partial charge on any atom is 0.419 e. The number of oxazole rings is 1. The first-order valence-electron chi connectivity index (χ1n) is 10.5. The fraction of sp³-hybridized carbons (Fsp3) is 0.292. The van der Waals surface area contributed by atoms with Gasteiger partial charge in [0.1, 0.15) is 11.6 Å². The number of benzene rings is 2. The van der Waals surface area contributed by atoms with Crippen molar-refractivity contribution < 1.29 is 23.5 Å². The SMILES string of the molecule is CN(C)CCCN1C(=O)C(=O)/C(=C(/O)c2ccc3c(c2)oc(=O)n3C)[C@H]1c1ccc(F)cc1. The summed E-state index contributed by atoms with van der Waals surface area (Å²) in [5, 5.41) is 11.1. The molecule has 8 nitrogen and oxygen atoms in total. The van der Waals surface area contributed by atoms with E-state index in [1.165, 1.54) is 39.8 Å². The fourth-order valence-electron chi connectivity index (χ4n) is 4.10. The standard InChI is InChI=1S/C24H24FN3O5/c1-26(2)11-4-12-28-20(14-5-8-16(25)9-6-14)19(22(30)23(28)31)21(29)15-7-10-17-18(13-15)33-24(32)27(17)3/h5-10,13,20,29H,4,11-12H2,1-3H3/b21-19+/t20-/m1/s1. The Bertz CT molecular complexity index is 1320. The van der Waals surface area contributed by atoms with Crippen LogP contribution >= 0.6 is 0 Å². The quantitative estimate of drug-likeness (QED) is 0.350. The van der Waals surface area contributed by atoms with Crippen LogP contribution in [0.2, 0.25) is 0 Å². The molecule has 0 aliphatic carbocycles. The molecule has 0 bridgehead atoms. The van der Waals surface area contributed by atoms with Crippen LogP contribution in [0.5, 0.6) is 0 Å². The lowest BCUT2D eigenvalue weighted by Gasteiger charge is -2.26. The molecule has 1 N–H and O–H groups in total. The lowest BCUT2D eigenvalue weighted by molar-refractivity contribution is -0.139. The summed E-state index contributed by atoms with van der Waals surface area (Å²) in [5.74, 6) is -2.94. The molecule has 0 spiro atoms. The molecule has 33 heavy (non-hydrogen) atoms. The van der Waals surface area contributed by atoms with Crippen molar-refractivity contribution in [2.45, 2.75) is 12.5 Å². The lowest BCUT2D eigenvalue weighted by atomic mass is 9.95. The molecule has 1 aliphatic heterocycles. The maximum atomic E-state index is 13.6. The Morgan fingerprint density at radius 3 is 2.48 bits per heavy atom. The van der Waals surface area contributed by atoms with Crippen molar-refractivity contribution in [1.82, 2.24) is 14.4 Å². The van der Waals surface area contributed by atoms with Crippen LogP contribution in [0.1, 0.15) is 23.6 Å². The number of carbonyl (C=O) groups excluding carboxylic acids is 2. The molecule has 2 aromatic carbocycles. The second kappa shape index (κ2) is 8.67. The molecule has 4 rings (SSSR count). The number of ketones is 1. The van der Waals surface area contributed by atoms with E-state index >= 15 is 0 Å². The van der Waals surface area contributed by atoms with Crippen molar-refractivity contribution in [2.75, 3.05) is 27.2 Å². The third kappa shape index (κ3) is 4.07. The van der Waals surface area contributed by atoms with E-state index in [9.17, 15) is 23.9 Å². The number of likely N-dealkylation sites (tertiary alicyclic amines) is 1. The molecule has 2 heterocycles.